The van der Waals surface area contributed by atoms with Gasteiger partial charge in [0.05, 0.1) is 16.8 Å². The normalized spacial score (nSPS) is 12.3. The Labute approximate surface area is 139 Å². The number of oxazole rings is 1. The molecule has 0 aliphatic heterocycles. The number of aromatic nitrogens is 1. The molecule has 0 aliphatic rings. The summed E-state index contributed by atoms with van der Waals surface area (Å²) in [5, 5.41) is 1.13. The van der Waals surface area contributed by atoms with E-state index in [2.05, 4.69) is 24.0 Å². The summed E-state index contributed by atoms with van der Waals surface area (Å²) in [5.41, 5.74) is 1.97. The Kier molecular flexibility index (Phi) is 4.51. The van der Waals surface area contributed by atoms with E-state index in [4.69, 9.17) is 27.6 Å². The number of hydrogen-bond acceptors (Lipinski definition) is 2. The lowest BCUT2D eigenvalue weighted by Gasteiger charge is -2.11. The molecule has 0 aliphatic carbocycles. The first-order valence-corrected chi connectivity index (χ1v) is 7.90. The summed E-state index contributed by atoms with van der Waals surface area (Å²) in [5.74, 6) is 1.55. The summed E-state index contributed by atoms with van der Waals surface area (Å²) in [4.78, 5) is 4.38. The number of rotatable bonds is 4. The van der Waals surface area contributed by atoms with E-state index in [9.17, 15) is 0 Å². The molecule has 0 saturated heterocycles. The van der Waals surface area contributed by atoms with Crippen LogP contribution < -0.4 is 0 Å². The van der Waals surface area contributed by atoms with Crippen LogP contribution in [-0.4, -0.2) is 4.98 Å². The summed E-state index contributed by atoms with van der Waals surface area (Å²) in [6.07, 6.45) is 2.72. The van der Waals surface area contributed by atoms with Crippen LogP contribution in [0.15, 0.2) is 59.1 Å². The first-order valence-electron chi connectivity index (χ1n) is 7.15. The standard InChI is InChI=1S/C18H15Cl2NO/c1-2-14(12-6-4-3-5-7-12)17-11-21-18(22-17)15-9-8-13(19)10-16(15)20/h3-11,14H,2H2,1H3. The van der Waals surface area contributed by atoms with E-state index in [1.54, 1.807) is 18.3 Å². The van der Waals surface area contributed by atoms with Crippen molar-refractivity contribution in [3.63, 3.8) is 0 Å². The summed E-state index contributed by atoms with van der Waals surface area (Å²) in [7, 11) is 0. The predicted molar refractivity (Wildman–Crippen MR) is 90.5 cm³/mol. The Hall–Kier alpha value is -1.77. The van der Waals surface area contributed by atoms with Gasteiger partial charge in [0.25, 0.3) is 0 Å². The van der Waals surface area contributed by atoms with Crippen LogP contribution in [0.4, 0.5) is 0 Å². The van der Waals surface area contributed by atoms with E-state index >= 15 is 0 Å². The van der Waals surface area contributed by atoms with Crippen molar-refractivity contribution in [2.24, 2.45) is 0 Å². The lowest BCUT2D eigenvalue weighted by molar-refractivity contribution is 0.488. The molecule has 22 heavy (non-hydrogen) atoms. The zero-order valence-corrected chi connectivity index (χ0v) is 13.6. The fourth-order valence-electron chi connectivity index (χ4n) is 2.52. The van der Waals surface area contributed by atoms with Gasteiger partial charge in [-0.3, -0.25) is 0 Å². The molecule has 0 bridgehead atoms. The number of hydrogen-bond donors (Lipinski definition) is 0. The molecule has 0 saturated carbocycles. The summed E-state index contributed by atoms with van der Waals surface area (Å²) in [6, 6.07) is 15.6. The Morgan fingerprint density at radius 3 is 2.55 bits per heavy atom. The zero-order chi connectivity index (χ0) is 15.5. The largest absolute Gasteiger partial charge is 0.440 e. The van der Waals surface area contributed by atoms with E-state index in [0.717, 1.165) is 17.7 Å². The van der Waals surface area contributed by atoms with Crippen LogP contribution in [0.25, 0.3) is 11.5 Å². The van der Waals surface area contributed by atoms with E-state index in [1.807, 2.05) is 24.3 Å². The molecule has 0 N–H and O–H groups in total. The second-order valence-electron chi connectivity index (χ2n) is 5.06. The van der Waals surface area contributed by atoms with Gasteiger partial charge in [-0.25, -0.2) is 4.98 Å². The Balaban J connectivity index is 1.96. The van der Waals surface area contributed by atoms with Crippen LogP contribution in [0.2, 0.25) is 10.0 Å². The molecular weight excluding hydrogens is 317 g/mol. The average molecular weight is 332 g/mol. The highest BCUT2D eigenvalue weighted by atomic mass is 35.5. The smallest absolute Gasteiger partial charge is 0.227 e. The molecule has 1 unspecified atom stereocenters. The predicted octanol–water partition coefficient (Wildman–Crippen LogP) is 6.19. The maximum absolute atomic E-state index is 6.22. The van der Waals surface area contributed by atoms with Crippen LogP contribution in [-0.2, 0) is 0 Å². The highest BCUT2D eigenvalue weighted by Crippen LogP contribution is 2.34. The van der Waals surface area contributed by atoms with Crippen molar-refractivity contribution in [3.05, 3.63) is 76.1 Å². The van der Waals surface area contributed by atoms with Crippen LogP contribution in [0.3, 0.4) is 0 Å². The minimum Gasteiger partial charge on any atom is -0.440 e. The van der Waals surface area contributed by atoms with Crippen LogP contribution in [0, 0.1) is 0 Å². The van der Waals surface area contributed by atoms with Gasteiger partial charge in [0.2, 0.25) is 5.89 Å². The van der Waals surface area contributed by atoms with Gasteiger partial charge in [0.15, 0.2) is 0 Å². The second-order valence-corrected chi connectivity index (χ2v) is 5.91. The number of nitrogens with zero attached hydrogens (tertiary/aromatic N) is 1. The maximum atomic E-state index is 6.22. The molecule has 0 fully saturated rings. The van der Waals surface area contributed by atoms with Gasteiger partial charge in [-0.1, -0.05) is 60.5 Å². The number of halogens is 2. The van der Waals surface area contributed by atoms with Crippen molar-refractivity contribution < 1.29 is 4.42 Å². The third-order valence-corrected chi connectivity index (χ3v) is 4.19. The van der Waals surface area contributed by atoms with Gasteiger partial charge >= 0.3 is 0 Å². The molecule has 2 aromatic carbocycles. The van der Waals surface area contributed by atoms with E-state index in [1.165, 1.54) is 5.56 Å². The van der Waals surface area contributed by atoms with Gasteiger partial charge in [-0.2, -0.15) is 0 Å². The molecule has 1 atom stereocenters. The lowest BCUT2D eigenvalue weighted by Crippen LogP contribution is -1.97. The molecule has 1 aromatic heterocycles. The van der Waals surface area contributed by atoms with Crippen molar-refractivity contribution in [3.8, 4) is 11.5 Å². The van der Waals surface area contributed by atoms with Gasteiger partial charge in [-0.15, -0.1) is 0 Å². The molecule has 3 aromatic rings. The SMILES string of the molecule is CCC(c1ccccc1)c1cnc(-c2ccc(Cl)cc2Cl)o1. The fourth-order valence-corrected chi connectivity index (χ4v) is 3.01. The molecule has 112 valence electrons. The van der Waals surface area contributed by atoms with E-state index < -0.39 is 0 Å². The monoisotopic (exact) mass is 331 g/mol. The molecule has 3 rings (SSSR count). The Morgan fingerprint density at radius 1 is 1.09 bits per heavy atom. The molecule has 0 amide bonds. The third kappa shape index (κ3) is 3.03. The third-order valence-electron chi connectivity index (χ3n) is 3.64. The minimum atomic E-state index is 0.188. The molecule has 2 nitrogen and oxygen atoms in total. The van der Waals surface area contributed by atoms with Gasteiger partial charge in [0, 0.05) is 10.9 Å². The van der Waals surface area contributed by atoms with Crippen molar-refractivity contribution in [1.29, 1.82) is 0 Å². The van der Waals surface area contributed by atoms with Crippen LogP contribution in [0.5, 0.6) is 0 Å². The lowest BCUT2D eigenvalue weighted by atomic mass is 9.95. The quantitative estimate of drug-likeness (QED) is 0.569. The molecule has 0 radical (unpaired) electrons. The summed E-state index contributed by atoms with van der Waals surface area (Å²) >= 11 is 12.1. The number of benzene rings is 2. The first-order chi connectivity index (χ1) is 10.7. The Bertz CT molecular complexity index is 768. The van der Waals surface area contributed by atoms with E-state index in [0.29, 0.717) is 15.9 Å². The second kappa shape index (κ2) is 6.55. The highest BCUT2D eigenvalue weighted by Gasteiger charge is 2.18. The maximum Gasteiger partial charge on any atom is 0.227 e. The average Bonchev–Trinajstić information content (AvgIpc) is 2.98. The topological polar surface area (TPSA) is 26.0 Å². The van der Waals surface area contributed by atoms with Crippen molar-refractivity contribution in [2.45, 2.75) is 19.3 Å². The van der Waals surface area contributed by atoms with Gasteiger partial charge < -0.3 is 4.42 Å². The highest BCUT2D eigenvalue weighted by molar-refractivity contribution is 6.36. The van der Waals surface area contributed by atoms with Gasteiger partial charge in [0.1, 0.15) is 5.76 Å². The summed E-state index contributed by atoms with van der Waals surface area (Å²) < 4.78 is 5.96. The summed E-state index contributed by atoms with van der Waals surface area (Å²) in [6.45, 7) is 2.13. The van der Waals surface area contributed by atoms with Gasteiger partial charge in [-0.05, 0) is 30.2 Å². The fraction of sp³-hybridized carbons (Fsp3) is 0.167. The van der Waals surface area contributed by atoms with Crippen molar-refractivity contribution in [1.82, 2.24) is 4.98 Å². The molecular formula is C18H15Cl2NO. The van der Waals surface area contributed by atoms with Crippen LogP contribution >= 0.6 is 23.2 Å². The molecule has 1 heterocycles. The van der Waals surface area contributed by atoms with E-state index in [-0.39, 0.29) is 5.92 Å². The molecule has 4 heteroatoms. The molecule has 0 spiro atoms. The van der Waals surface area contributed by atoms with Crippen LogP contribution in [0.1, 0.15) is 30.6 Å². The first kappa shape index (κ1) is 15.1. The van der Waals surface area contributed by atoms with Crippen molar-refractivity contribution >= 4 is 23.2 Å². The Morgan fingerprint density at radius 2 is 1.86 bits per heavy atom. The van der Waals surface area contributed by atoms with Crippen molar-refractivity contribution in [2.75, 3.05) is 0 Å². The minimum absolute atomic E-state index is 0.188. The zero-order valence-electron chi connectivity index (χ0n) is 12.1.